The van der Waals surface area contributed by atoms with Crippen molar-refractivity contribution in [3.05, 3.63) is 27.8 Å². The van der Waals surface area contributed by atoms with E-state index in [1.165, 1.54) is 0 Å². The van der Waals surface area contributed by atoms with Crippen LogP contribution in [0.2, 0.25) is 0 Å². The molecule has 112 valence electrons. The molecule has 1 aromatic rings. The smallest absolute Gasteiger partial charge is 0.257 e. The van der Waals surface area contributed by atoms with Crippen LogP contribution in [-0.4, -0.2) is 32.3 Å². The molecule has 1 amide bonds. The van der Waals surface area contributed by atoms with Gasteiger partial charge in [0.15, 0.2) is 6.61 Å². The quantitative estimate of drug-likeness (QED) is 0.493. The Morgan fingerprint density at radius 2 is 1.90 bits per heavy atom. The zero-order valence-electron chi connectivity index (χ0n) is 11.9. The van der Waals surface area contributed by atoms with Crippen LogP contribution in [0.3, 0.4) is 0 Å². The highest BCUT2D eigenvalue weighted by atomic mass is 127. The van der Waals surface area contributed by atoms with Crippen LogP contribution in [0.15, 0.2) is 24.3 Å². The fourth-order valence-corrected chi connectivity index (χ4v) is 1.84. The van der Waals surface area contributed by atoms with Crippen molar-refractivity contribution in [2.75, 3.05) is 26.4 Å². The molecule has 0 aliphatic heterocycles. The third-order valence-corrected chi connectivity index (χ3v) is 3.33. The Morgan fingerprint density at radius 3 is 2.60 bits per heavy atom. The molecule has 1 rings (SSSR count). The summed E-state index contributed by atoms with van der Waals surface area (Å²) >= 11 is 2.23. The van der Waals surface area contributed by atoms with Gasteiger partial charge in [-0.1, -0.05) is 13.3 Å². The topological polar surface area (TPSA) is 47.6 Å². The van der Waals surface area contributed by atoms with E-state index < -0.39 is 0 Å². The number of unbranched alkanes of at least 4 members (excludes halogenated alkanes) is 1. The summed E-state index contributed by atoms with van der Waals surface area (Å²) in [6.45, 7) is 4.31. The molecule has 0 spiro atoms. The van der Waals surface area contributed by atoms with Crippen molar-refractivity contribution in [1.29, 1.82) is 0 Å². The molecular formula is C15H22INO3. The van der Waals surface area contributed by atoms with Crippen LogP contribution in [0, 0.1) is 3.57 Å². The molecule has 0 aliphatic rings. The lowest BCUT2D eigenvalue weighted by Crippen LogP contribution is -2.30. The van der Waals surface area contributed by atoms with Crippen LogP contribution in [0.1, 0.15) is 26.2 Å². The van der Waals surface area contributed by atoms with Crippen molar-refractivity contribution in [3.8, 4) is 5.75 Å². The van der Waals surface area contributed by atoms with Gasteiger partial charge in [0.2, 0.25) is 0 Å². The lowest BCUT2D eigenvalue weighted by atomic mass is 10.3. The molecular weight excluding hydrogens is 369 g/mol. The molecule has 1 aromatic carbocycles. The van der Waals surface area contributed by atoms with E-state index in [9.17, 15) is 4.79 Å². The van der Waals surface area contributed by atoms with Gasteiger partial charge in [-0.05, 0) is 59.7 Å². The van der Waals surface area contributed by atoms with Crippen LogP contribution in [0.5, 0.6) is 5.75 Å². The number of amides is 1. The largest absolute Gasteiger partial charge is 0.484 e. The van der Waals surface area contributed by atoms with E-state index in [-0.39, 0.29) is 12.5 Å². The predicted molar refractivity (Wildman–Crippen MR) is 88.0 cm³/mol. The number of carbonyl (C=O) groups excluding carboxylic acids is 1. The summed E-state index contributed by atoms with van der Waals surface area (Å²) in [6.07, 6.45) is 3.07. The molecule has 4 nitrogen and oxygen atoms in total. The number of hydrogen-bond donors (Lipinski definition) is 1. The minimum Gasteiger partial charge on any atom is -0.484 e. The maximum atomic E-state index is 11.5. The van der Waals surface area contributed by atoms with Gasteiger partial charge in [0, 0.05) is 23.3 Å². The first-order valence-electron chi connectivity index (χ1n) is 6.95. The molecule has 0 atom stereocenters. The van der Waals surface area contributed by atoms with E-state index in [0.717, 1.165) is 29.4 Å². The second-order valence-corrected chi connectivity index (χ2v) is 5.66. The van der Waals surface area contributed by atoms with Gasteiger partial charge >= 0.3 is 0 Å². The molecule has 20 heavy (non-hydrogen) atoms. The number of carbonyl (C=O) groups is 1. The monoisotopic (exact) mass is 391 g/mol. The standard InChI is InChI=1S/C15H22INO3/c1-2-3-10-19-11-4-9-17-15(18)12-20-14-7-5-13(16)6-8-14/h5-8H,2-4,9-12H2,1H3,(H,17,18). The Hall–Kier alpha value is -0.820. The summed E-state index contributed by atoms with van der Waals surface area (Å²) < 4.78 is 11.9. The zero-order valence-corrected chi connectivity index (χ0v) is 14.0. The molecule has 0 radical (unpaired) electrons. The maximum absolute atomic E-state index is 11.5. The Bertz CT molecular complexity index is 381. The molecule has 0 fully saturated rings. The number of rotatable bonds is 10. The number of hydrogen-bond acceptors (Lipinski definition) is 3. The highest BCUT2D eigenvalue weighted by Crippen LogP contribution is 2.13. The van der Waals surface area contributed by atoms with Crippen LogP contribution in [0.4, 0.5) is 0 Å². The Labute approximate surface area is 134 Å². The fraction of sp³-hybridized carbons (Fsp3) is 0.533. The van der Waals surface area contributed by atoms with Gasteiger partial charge < -0.3 is 14.8 Å². The first-order valence-corrected chi connectivity index (χ1v) is 8.03. The van der Waals surface area contributed by atoms with E-state index in [1.54, 1.807) is 0 Å². The lowest BCUT2D eigenvalue weighted by Gasteiger charge is -2.08. The molecule has 0 aromatic heterocycles. The highest BCUT2D eigenvalue weighted by molar-refractivity contribution is 14.1. The van der Waals surface area contributed by atoms with Gasteiger partial charge in [-0.2, -0.15) is 0 Å². The number of benzene rings is 1. The van der Waals surface area contributed by atoms with Crippen molar-refractivity contribution in [2.24, 2.45) is 0 Å². The molecule has 0 heterocycles. The van der Waals surface area contributed by atoms with E-state index in [4.69, 9.17) is 9.47 Å². The molecule has 0 unspecified atom stereocenters. The first kappa shape index (κ1) is 17.2. The Balaban J connectivity index is 2.01. The van der Waals surface area contributed by atoms with E-state index >= 15 is 0 Å². The highest BCUT2D eigenvalue weighted by Gasteiger charge is 2.02. The average molecular weight is 391 g/mol. The van der Waals surface area contributed by atoms with E-state index in [1.807, 2.05) is 24.3 Å². The van der Waals surface area contributed by atoms with Gasteiger partial charge in [-0.3, -0.25) is 4.79 Å². The van der Waals surface area contributed by atoms with Gasteiger partial charge in [0.05, 0.1) is 0 Å². The molecule has 0 aliphatic carbocycles. The van der Waals surface area contributed by atoms with Gasteiger partial charge in [0.1, 0.15) is 5.75 Å². The molecule has 5 heteroatoms. The summed E-state index contributed by atoms with van der Waals surface area (Å²) in [6, 6.07) is 7.61. The van der Waals surface area contributed by atoms with Crippen LogP contribution < -0.4 is 10.1 Å². The van der Waals surface area contributed by atoms with Crippen molar-refractivity contribution in [1.82, 2.24) is 5.32 Å². The van der Waals surface area contributed by atoms with Crippen LogP contribution in [-0.2, 0) is 9.53 Å². The second kappa shape index (κ2) is 10.9. The lowest BCUT2D eigenvalue weighted by molar-refractivity contribution is -0.123. The maximum Gasteiger partial charge on any atom is 0.257 e. The Morgan fingerprint density at radius 1 is 1.20 bits per heavy atom. The zero-order chi connectivity index (χ0) is 14.6. The molecule has 0 bridgehead atoms. The minimum atomic E-state index is -0.0999. The summed E-state index contributed by atoms with van der Waals surface area (Å²) in [5.74, 6) is 0.612. The van der Waals surface area contributed by atoms with Gasteiger partial charge in [-0.25, -0.2) is 0 Å². The summed E-state index contributed by atoms with van der Waals surface area (Å²) in [5, 5.41) is 2.81. The molecule has 0 saturated heterocycles. The second-order valence-electron chi connectivity index (χ2n) is 4.41. The SMILES string of the molecule is CCCCOCCCNC(=O)COc1ccc(I)cc1. The van der Waals surface area contributed by atoms with Crippen molar-refractivity contribution in [2.45, 2.75) is 26.2 Å². The number of ether oxygens (including phenoxy) is 2. The van der Waals surface area contributed by atoms with E-state index in [2.05, 4.69) is 34.8 Å². The third kappa shape index (κ3) is 8.37. The minimum absolute atomic E-state index is 0.0529. The van der Waals surface area contributed by atoms with Gasteiger partial charge in [-0.15, -0.1) is 0 Å². The van der Waals surface area contributed by atoms with E-state index in [0.29, 0.717) is 18.9 Å². The normalized spacial score (nSPS) is 10.3. The van der Waals surface area contributed by atoms with Crippen LogP contribution >= 0.6 is 22.6 Å². The number of nitrogens with one attached hydrogen (secondary N) is 1. The summed E-state index contributed by atoms with van der Waals surface area (Å²) in [7, 11) is 0. The first-order chi connectivity index (χ1) is 9.72. The third-order valence-electron chi connectivity index (χ3n) is 2.61. The van der Waals surface area contributed by atoms with Gasteiger partial charge in [0.25, 0.3) is 5.91 Å². The summed E-state index contributed by atoms with van der Waals surface area (Å²) in [5.41, 5.74) is 0. The van der Waals surface area contributed by atoms with Crippen molar-refractivity contribution < 1.29 is 14.3 Å². The summed E-state index contributed by atoms with van der Waals surface area (Å²) in [4.78, 5) is 11.5. The van der Waals surface area contributed by atoms with Crippen molar-refractivity contribution in [3.63, 3.8) is 0 Å². The fourth-order valence-electron chi connectivity index (χ4n) is 1.48. The molecule has 0 saturated carbocycles. The van der Waals surface area contributed by atoms with Crippen LogP contribution in [0.25, 0.3) is 0 Å². The Kier molecular flexibility index (Phi) is 9.40. The van der Waals surface area contributed by atoms with Crippen molar-refractivity contribution >= 4 is 28.5 Å². The predicted octanol–water partition coefficient (Wildman–Crippen LogP) is 2.99. The average Bonchev–Trinajstić information content (AvgIpc) is 2.46. The molecule has 1 N–H and O–H groups in total. The number of halogens is 1.